The highest BCUT2D eigenvalue weighted by Gasteiger charge is 2.27. The summed E-state index contributed by atoms with van der Waals surface area (Å²) in [6, 6.07) is 21.8. The van der Waals surface area contributed by atoms with Gasteiger partial charge in [0.05, 0.1) is 10.8 Å². The fourth-order valence-corrected chi connectivity index (χ4v) is 5.75. The van der Waals surface area contributed by atoms with Crippen LogP contribution in [0.25, 0.3) is 89.7 Å². The minimum atomic E-state index is -1.97. The summed E-state index contributed by atoms with van der Waals surface area (Å²) >= 11 is 0.306. The predicted molar refractivity (Wildman–Crippen MR) is 167 cm³/mol. The van der Waals surface area contributed by atoms with Crippen molar-refractivity contribution < 1.29 is 21.7 Å². The van der Waals surface area contributed by atoms with Crippen molar-refractivity contribution >= 4 is 60.8 Å². The summed E-state index contributed by atoms with van der Waals surface area (Å²) in [5.74, 6) is -6.36. The van der Waals surface area contributed by atoms with Gasteiger partial charge < -0.3 is 14.1 Å². The van der Waals surface area contributed by atoms with Gasteiger partial charge in [-0.1, -0.05) is 72.8 Å². The zero-order valence-corrected chi connectivity index (χ0v) is 25.6. The van der Waals surface area contributed by atoms with Crippen LogP contribution in [-0.4, -0.2) is 60.7 Å². The monoisotopic (exact) mass is 632 g/mol. The minimum absolute atomic E-state index is 0.102. The first-order chi connectivity index (χ1) is 22.5. The highest BCUT2D eigenvalue weighted by Crippen LogP contribution is 2.38. The number of rotatable bonds is 0. The lowest BCUT2D eigenvalue weighted by molar-refractivity contribution is 0.418. The lowest BCUT2D eigenvalue weighted by atomic mass is 10.1. The lowest BCUT2D eigenvalue weighted by Crippen LogP contribution is -1.97. The van der Waals surface area contributed by atoms with Gasteiger partial charge in [0.1, 0.15) is 22.6 Å². The number of nitrogens with one attached hydrogen (secondary N) is 2. The third-order valence-corrected chi connectivity index (χ3v) is 7.76. The molecule has 222 valence electrons. The number of halogens is 4. The van der Waals surface area contributed by atoms with Crippen LogP contribution < -0.4 is 0 Å². The van der Waals surface area contributed by atoms with Gasteiger partial charge in [0.2, 0.25) is 0 Å². The van der Waals surface area contributed by atoms with E-state index >= 15 is 8.78 Å². The molecule has 0 saturated carbocycles. The summed E-state index contributed by atoms with van der Waals surface area (Å²) in [4.78, 5) is 33.9. The maximum Gasteiger partial charge on any atom is 0.407 e. The predicted octanol–water partition coefficient (Wildman–Crippen LogP) is 5.95. The highest BCUT2D eigenvalue weighted by atomic mass is 27.1. The summed E-state index contributed by atoms with van der Waals surface area (Å²) in [6.45, 7) is 0. The van der Waals surface area contributed by atoms with E-state index in [-0.39, 0.29) is 22.9 Å². The molecule has 0 radical (unpaired) electrons. The zero-order chi connectivity index (χ0) is 31.7. The molecule has 7 aromatic rings. The third-order valence-electron chi connectivity index (χ3n) is 7.76. The van der Waals surface area contributed by atoms with E-state index in [0.717, 1.165) is 10.8 Å². The SMILES string of the molecule is Fc1c(F)c(F)c2c3nc4nc(nc5[nH]c(nc6nc(nc([nH]3)c2c1F)-c1ccccc1-6)c1ccccc51)-c1ccccc1-4.[OH][AlH2]. The normalized spacial score (nSPS) is 11.7. The van der Waals surface area contributed by atoms with Crippen LogP contribution in [0.2, 0.25) is 0 Å². The summed E-state index contributed by atoms with van der Waals surface area (Å²) in [7, 11) is 0. The van der Waals surface area contributed by atoms with E-state index in [1.54, 1.807) is 48.5 Å². The zero-order valence-electron chi connectivity index (χ0n) is 23.6. The first kappa shape index (κ1) is 28.0. The van der Waals surface area contributed by atoms with Gasteiger partial charge in [-0.3, -0.25) is 0 Å². The molecular weight excluding hydrogens is 615 g/mol. The quantitative estimate of drug-likeness (QED) is 0.0816. The Morgan fingerprint density at radius 2 is 0.717 bits per heavy atom. The molecule has 0 fully saturated rings. The Balaban J connectivity index is 0.00000153. The number of benzene rings is 4. The topological polar surface area (TPSA) is 129 Å². The Kier molecular flexibility index (Phi) is 6.40. The van der Waals surface area contributed by atoms with E-state index in [2.05, 4.69) is 29.9 Å². The second kappa shape index (κ2) is 10.5. The average molecular weight is 633 g/mol. The van der Waals surface area contributed by atoms with Crippen LogP contribution in [0, 0.1) is 23.3 Å². The molecule has 8 bridgehead atoms. The van der Waals surface area contributed by atoms with E-state index in [0.29, 0.717) is 61.8 Å². The van der Waals surface area contributed by atoms with Gasteiger partial charge in [-0.15, -0.1) is 0 Å². The first-order valence-electron chi connectivity index (χ1n) is 13.9. The van der Waals surface area contributed by atoms with Gasteiger partial charge in [0.15, 0.2) is 46.6 Å². The number of nitrogens with zero attached hydrogens (tertiary/aromatic N) is 6. The average Bonchev–Trinajstić information content (AvgIpc) is 3.83. The van der Waals surface area contributed by atoms with Crippen molar-refractivity contribution in [1.82, 2.24) is 39.9 Å². The van der Waals surface area contributed by atoms with E-state index in [9.17, 15) is 8.78 Å². The minimum Gasteiger partial charge on any atom is -0.521 e. The first-order valence-corrected chi connectivity index (χ1v) is 14.8. The Bertz CT molecular complexity index is 2410. The highest BCUT2D eigenvalue weighted by molar-refractivity contribution is 6.06. The molecule has 0 unspecified atom stereocenters. The van der Waals surface area contributed by atoms with Crippen molar-refractivity contribution in [3.63, 3.8) is 0 Å². The summed E-state index contributed by atoms with van der Waals surface area (Å²) in [5.41, 5.74) is 2.73. The molecule has 0 saturated heterocycles. The fraction of sp³-hybridized carbons (Fsp3) is 0. The molecule has 4 aromatic carbocycles. The Morgan fingerprint density at radius 1 is 0.413 bits per heavy atom. The molecule has 14 heteroatoms. The van der Waals surface area contributed by atoms with Gasteiger partial charge in [-0.25, -0.2) is 47.5 Å². The lowest BCUT2D eigenvalue weighted by Gasteiger charge is -2.00. The van der Waals surface area contributed by atoms with Crippen LogP contribution in [0.4, 0.5) is 17.6 Å². The number of fused-ring (bicyclic) bond motifs is 20. The molecule has 3 aromatic heterocycles. The van der Waals surface area contributed by atoms with Gasteiger partial charge in [-0.2, -0.15) is 0 Å². The van der Waals surface area contributed by atoms with E-state index in [4.69, 9.17) is 14.1 Å². The number of hydrogen-bond donors (Lipinski definition) is 3. The summed E-state index contributed by atoms with van der Waals surface area (Å²) < 4.78 is 67.0. The molecule has 5 heterocycles. The molecule has 2 aliphatic rings. The molecule has 0 amide bonds. The molecule has 46 heavy (non-hydrogen) atoms. The molecule has 0 aliphatic carbocycles. The molecular formula is C32H17AlF4N8O. The van der Waals surface area contributed by atoms with Crippen LogP contribution in [0.1, 0.15) is 0 Å². The largest absolute Gasteiger partial charge is 0.521 e. The Labute approximate surface area is 263 Å². The van der Waals surface area contributed by atoms with Crippen molar-refractivity contribution in [3.05, 3.63) is 96.1 Å². The second-order valence-corrected chi connectivity index (χ2v) is 10.3. The standard InChI is InChI=1S/C32H14F4N8.Al.H2O.2H/c33-21-19-20(22(34)24(36)23(21)35)32-43-30-18-12-6-4-10-16(18)28(41-30)39-26-14-8-2-1-7-13(14)25(37-26)38-27-15-9-3-5-11-17(15)29(40-27)42-31(19)44-32;;;;/h1-12H,(H2,37,38,39,40,41,42,43,44);;1H2;;/q;+1;;;/p-1. The maximum absolute atomic E-state index is 15.4. The van der Waals surface area contributed by atoms with E-state index in [1.807, 2.05) is 24.3 Å². The smallest absolute Gasteiger partial charge is 0.407 e. The van der Waals surface area contributed by atoms with Crippen LogP contribution in [0.15, 0.2) is 72.8 Å². The van der Waals surface area contributed by atoms with Gasteiger partial charge in [-0.05, 0) is 0 Å². The van der Waals surface area contributed by atoms with Crippen LogP contribution in [0.5, 0.6) is 0 Å². The molecule has 9 nitrogen and oxygen atoms in total. The number of aromatic nitrogens is 8. The number of H-pyrrole nitrogens is 2. The van der Waals surface area contributed by atoms with Crippen LogP contribution in [0.3, 0.4) is 0 Å². The third kappa shape index (κ3) is 4.05. The summed E-state index contributed by atoms with van der Waals surface area (Å²) in [5, 5.41) is 0.346. The second-order valence-electron chi connectivity index (χ2n) is 10.3. The fourth-order valence-electron chi connectivity index (χ4n) is 5.75. The number of aromatic amines is 2. The number of hydrogen-bond acceptors (Lipinski definition) is 7. The van der Waals surface area contributed by atoms with Gasteiger partial charge in [0.25, 0.3) is 0 Å². The van der Waals surface area contributed by atoms with E-state index < -0.39 is 34.0 Å². The van der Waals surface area contributed by atoms with Gasteiger partial charge in [0, 0.05) is 33.0 Å². The molecule has 9 rings (SSSR count). The molecule has 2 aliphatic heterocycles. The molecule has 0 atom stereocenters. The molecule has 0 spiro atoms. The molecule has 3 N–H and O–H groups in total. The van der Waals surface area contributed by atoms with Crippen LogP contribution >= 0.6 is 0 Å². The van der Waals surface area contributed by atoms with Crippen molar-refractivity contribution in [2.45, 2.75) is 0 Å². The van der Waals surface area contributed by atoms with Crippen molar-refractivity contribution in [1.29, 1.82) is 0 Å². The van der Waals surface area contributed by atoms with Gasteiger partial charge >= 0.3 is 16.6 Å². The Hall–Kier alpha value is -5.55. The van der Waals surface area contributed by atoms with Crippen molar-refractivity contribution in [2.75, 3.05) is 0 Å². The Morgan fingerprint density at radius 3 is 1.09 bits per heavy atom. The van der Waals surface area contributed by atoms with E-state index in [1.165, 1.54) is 0 Å². The summed E-state index contributed by atoms with van der Waals surface area (Å²) in [6.07, 6.45) is 0. The van der Waals surface area contributed by atoms with Crippen molar-refractivity contribution in [3.8, 4) is 45.6 Å². The van der Waals surface area contributed by atoms with Crippen LogP contribution in [-0.2, 0) is 0 Å². The van der Waals surface area contributed by atoms with Crippen molar-refractivity contribution in [2.24, 2.45) is 0 Å². The maximum atomic E-state index is 15.4.